The quantitative estimate of drug-likeness (QED) is 0.148. The van der Waals surface area contributed by atoms with Crippen molar-refractivity contribution in [2.75, 3.05) is 34.4 Å². The van der Waals surface area contributed by atoms with Crippen molar-refractivity contribution in [2.24, 2.45) is 0 Å². The van der Waals surface area contributed by atoms with E-state index < -0.39 is 0 Å². The molecule has 6 aromatic heterocycles. The Kier molecular flexibility index (Phi) is 11.4. The van der Waals surface area contributed by atoms with Crippen molar-refractivity contribution < 1.29 is 19.5 Å². The number of nitrogens with two attached hydrogens (primary N) is 6. The van der Waals surface area contributed by atoms with Gasteiger partial charge in [-0.05, 0) is 72.8 Å². The Morgan fingerprint density at radius 3 is 0.488 bits per heavy atom. The van der Waals surface area contributed by atoms with Crippen molar-refractivity contribution in [2.45, 2.75) is 0 Å². The molecule has 13 heteroatoms. The van der Waals surface area contributed by atoms with Crippen molar-refractivity contribution >= 4 is 34.1 Å². The predicted octanol–water partition coefficient (Wildman–Crippen LogP) is 3.92. The molecule has 12 nitrogen and oxygen atoms in total. The zero-order valence-corrected chi connectivity index (χ0v) is 24.6. The van der Waals surface area contributed by atoms with E-state index in [9.17, 15) is 0 Å². The molecule has 0 fully saturated rings. The first kappa shape index (κ1) is 31.8. The number of pyridine rings is 6. The Labute approximate surface area is 261 Å². The minimum atomic E-state index is 0. The van der Waals surface area contributed by atoms with Crippen LogP contribution in [0.5, 0.6) is 0 Å². The van der Waals surface area contributed by atoms with E-state index in [4.69, 9.17) is 34.4 Å². The Balaban J connectivity index is 0.000000175. The Morgan fingerprint density at radius 2 is 0.395 bits per heavy atom. The molecule has 12 N–H and O–H groups in total. The average molecular weight is 660 g/mol. The van der Waals surface area contributed by atoms with Crippen LogP contribution in [0, 0.1) is 0 Å². The molecule has 0 saturated heterocycles. The molecule has 0 atom stereocenters. The van der Waals surface area contributed by atoms with Crippen LogP contribution in [0.15, 0.2) is 110 Å². The summed E-state index contributed by atoms with van der Waals surface area (Å²) in [6.45, 7) is 0. The minimum Gasteiger partial charge on any atom is -0.397 e. The standard InChI is InChI=1S/3C10H10N4.Ru/c3*11-7-1-3-9(13-5-7)10-4-2-8(12)6-14-10;/h3*1-6H,11-12H2;/q;;;+2. The molecule has 0 amide bonds. The minimum absolute atomic E-state index is 0. The zero-order chi connectivity index (χ0) is 29.9. The van der Waals surface area contributed by atoms with Crippen molar-refractivity contribution in [1.82, 2.24) is 29.9 Å². The van der Waals surface area contributed by atoms with Crippen molar-refractivity contribution in [3.8, 4) is 34.2 Å². The summed E-state index contributed by atoms with van der Waals surface area (Å²) in [6, 6.07) is 21.7. The summed E-state index contributed by atoms with van der Waals surface area (Å²) < 4.78 is 0. The van der Waals surface area contributed by atoms with Gasteiger partial charge in [0, 0.05) is 0 Å². The molecule has 0 aliphatic heterocycles. The van der Waals surface area contributed by atoms with Crippen molar-refractivity contribution in [3.63, 3.8) is 0 Å². The molecule has 6 aromatic rings. The van der Waals surface area contributed by atoms with Gasteiger partial charge in [0.2, 0.25) is 0 Å². The first-order valence-electron chi connectivity index (χ1n) is 12.6. The predicted molar refractivity (Wildman–Crippen MR) is 169 cm³/mol. The summed E-state index contributed by atoms with van der Waals surface area (Å²) >= 11 is 0. The van der Waals surface area contributed by atoms with Gasteiger partial charge in [0.15, 0.2) is 0 Å². The van der Waals surface area contributed by atoms with Gasteiger partial charge in [-0.2, -0.15) is 0 Å². The van der Waals surface area contributed by atoms with E-state index >= 15 is 0 Å². The summed E-state index contributed by atoms with van der Waals surface area (Å²) in [7, 11) is 0. The third-order valence-electron chi connectivity index (χ3n) is 5.51. The van der Waals surface area contributed by atoms with Gasteiger partial charge in [0.05, 0.1) is 105 Å². The molecule has 0 saturated carbocycles. The van der Waals surface area contributed by atoms with E-state index in [1.807, 2.05) is 36.4 Å². The fourth-order valence-corrected chi connectivity index (χ4v) is 3.34. The largest absolute Gasteiger partial charge is 2.00 e. The Bertz CT molecular complexity index is 1340. The fraction of sp³-hybridized carbons (Fsp3) is 0. The topological polar surface area (TPSA) is 233 Å². The first-order chi connectivity index (χ1) is 20.3. The molecular formula is C30H30N12Ru+2. The van der Waals surface area contributed by atoms with Crippen LogP contribution in [-0.4, -0.2) is 29.9 Å². The number of hydrogen-bond donors (Lipinski definition) is 6. The molecule has 0 aliphatic rings. The van der Waals surface area contributed by atoms with Gasteiger partial charge in [-0.3, -0.25) is 29.9 Å². The maximum absolute atomic E-state index is 5.53. The molecule has 216 valence electrons. The van der Waals surface area contributed by atoms with Crippen LogP contribution in [0.1, 0.15) is 0 Å². The molecule has 6 rings (SSSR count). The van der Waals surface area contributed by atoms with Gasteiger partial charge in [0.25, 0.3) is 0 Å². The van der Waals surface area contributed by atoms with Crippen LogP contribution in [0.4, 0.5) is 34.1 Å². The molecule has 0 radical (unpaired) electrons. The van der Waals surface area contributed by atoms with Gasteiger partial charge in [-0.1, -0.05) is 0 Å². The molecule has 0 bridgehead atoms. The fourth-order valence-electron chi connectivity index (χ4n) is 3.34. The van der Waals surface area contributed by atoms with Gasteiger partial charge in [-0.15, -0.1) is 0 Å². The van der Waals surface area contributed by atoms with Crippen molar-refractivity contribution in [3.05, 3.63) is 110 Å². The SMILES string of the molecule is Nc1ccc(-c2ccc(N)cn2)nc1.Nc1ccc(-c2ccc(N)cn2)nc1.Nc1ccc(-c2ccc(N)cn2)nc1.[Ru+2]. The van der Waals surface area contributed by atoms with Gasteiger partial charge < -0.3 is 34.4 Å². The van der Waals surface area contributed by atoms with E-state index in [-0.39, 0.29) is 19.5 Å². The van der Waals surface area contributed by atoms with E-state index in [0.29, 0.717) is 34.1 Å². The number of anilines is 6. The Hall–Kier alpha value is -5.68. The number of hydrogen-bond acceptors (Lipinski definition) is 12. The maximum atomic E-state index is 5.53. The van der Waals surface area contributed by atoms with Crippen LogP contribution in [-0.2, 0) is 19.5 Å². The number of nitrogens with zero attached hydrogens (tertiary/aromatic N) is 6. The second-order valence-electron chi connectivity index (χ2n) is 8.86. The summed E-state index contributed by atoms with van der Waals surface area (Å²) in [4.78, 5) is 24.9. The molecule has 0 aromatic carbocycles. The summed E-state index contributed by atoms with van der Waals surface area (Å²) in [5.74, 6) is 0. The van der Waals surface area contributed by atoms with Crippen LogP contribution in [0.2, 0.25) is 0 Å². The van der Waals surface area contributed by atoms with Crippen LogP contribution < -0.4 is 34.4 Å². The first-order valence-corrected chi connectivity index (χ1v) is 12.6. The van der Waals surface area contributed by atoms with Gasteiger partial charge in [0.1, 0.15) is 0 Å². The summed E-state index contributed by atoms with van der Waals surface area (Å²) in [5, 5.41) is 0. The van der Waals surface area contributed by atoms with E-state index in [0.717, 1.165) is 34.2 Å². The molecule has 0 spiro atoms. The molecular weight excluding hydrogens is 629 g/mol. The number of rotatable bonds is 3. The summed E-state index contributed by atoms with van der Waals surface area (Å²) in [6.07, 6.45) is 9.63. The molecule has 6 heterocycles. The van der Waals surface area contributed by atoms with Crippen LogP contribution in [0.3, 0.4) is 0 Å². The monoisotopic (exact) mass is 660 g/mol. The van der Waals surface area contributed by atoms with Crippen LogP contribution >= 0.6 is 0 Å². The van der Waals surface area contributed by atoms with E-state index in [2.05, 4.69) is 29.9 Å². The third-order valence-corrected chi connectivity index (χ3v) is 5.51. The molecule has 0 aliphatic carbocycles. The Morgan fingerprint density at radius 1 is 0.256 bits per heavy atom. The number of aromatic nitrogens is 6. The van der Waals surface area contributed by atoms with E-state index in [1.54, 1.807) is 73.6 Å². The van der Waals surface area contributed by atoms with Crippen molar-refractivity contribution in [1.29, 1.82) is 0 Å². The molecule has 43 heavy (non-hydrogen) atoms. The van der Waals surface area contributed by atoms with Gasteiger partial charge in [-0.25, -0.2) is 0 Å². The van der Waals surface area contributed by atoms with E-state index in [1.165, 1.54) is 0 Å². The van der Waals surface area contributed by atoms with Gasteiger partial charge >= 0.3 is 19.5 Å². The maximum Gasteiger partial charge on any atom is 2.00 e. The summed E-state index contributed by atoms with van der Waals surface area (Å²) in [5.41, 5.74) is 41.8. The third kappa shape index (κ3) is 9.73. The average Bonchev–Trinajstić information content (AvgIpc) is 3.01. The second kappa shape index (κ2) is 15.4. The van der Waals surface area contributed by atoms with Crippen LogP contribution in [0.25, 0.3) is 34.2 Å². The number of nitrogen functional groups attached to an aromatic ring is 6. The smallest absolute Gasteiger partial charge is 0.397 e. The normalized spacial score (nSPS) is 9.77. The second-order valence-corrected chi connectivity index (χ2v) is 8.86. The zero-order valence-electron chi connectivity index (χ0n) is 22.9. The molecule has 0 unspecified atom stereocenters.